The molecule has 0 aromatic carbocycles. The summed E-state index contributed by atoms with van der Waals surface area (Å²) in [5.74, 6) is 3.02. The summed E-state index contributed by atoms with van der Waals surface area (Å²) in [6, 6.07) is 6.15. The summed E-state index contributed by atoms with van der Waals surface area (Å²) < 4.78 is 0. The third kappa shape index (κ3) is 4.08. The van der Waals surface area contributed by atoms with E-state index >= 15 is 0 Å². The van der Waals surface area contributed by atoms with Crippen LogP contribution in [0.5, 0.6) is 0 Å². The largest absolute Gasteiger partial charge is 0.359 e. The van der Waals surface area contributed by atoms with Crippen LogP contribution in [0.25, 0.3) is 10.2 Å². The van der Waals surface area contributed by atoms with Gasteiger partial charge in [-0.2, -0.15) is 0 Å². The van der Waals surface area contributed by atoms with Gasteiger partial charge >= 0.3 is 0 Å². The highest BCUT2D eigenvalue weighted by atomic mass is 32.1. The molecule has 3 aromatic rings. The van der Waals surface area contributed by atoms with Crippen molar-refractivity contribution >= 4 is 27.4 Å². The Morgan fingerprint density at radius 2 is 2.03 bits per heavy atom. The SMILES string of the molecule is CC1CC[NH+](Cc2nc(N(C)CCc3ccccn3)c3c4c(sc3n2)CCC4)CC1. The van der Waals surface area contributed by atoms with E-state index in [-0.39, 0.29) is 0 Å². The summed E-state index contributed by atoms with van der Waals surface area (Å²) in [6.07, 6.45) is 9.10. The number of nitrogens with one attached hydrogen (secondary N) is 1. The molecule has 6 heteroatoms. The van der Waals surface area contributed by atoms with Crippen molar-refractivity contribution in [1.82, 2.24) is 15.0 Å². The average molecular weight is 423 g/mol. The summed E-state index contributed by atoms with van der Waals surface area (Å²) in [5.41, 5.74) is 2.65. The Hall–Kier alpha value is -2.05. The number of anilines is 1. The van der Waals surface area contributed by atoms with Crippen LogP contribution >= 0.6 is 11.3 Å². The van der Waals surface area contributed by atoms with Gasteiger partial charge in [-0.3, -0.25) is 4.98 Å². The number of pyridine rings is 1. The Morgan fingerprint density at radius 1 is 1.17 bits per heavy atom. The third-order valence-corrected chi connectivity index (χ3v) is 7.96. The molecule has 0 saturated carbocycles. The maximum atomic E-state index is 5.16. The van der Waals surface area contributed by atoms with Crippen LogP contribution in [-0.2, 0) is 25.8 Å². The Kier molecular flexibility index (Phi) is 5.70. The Labute approximate surface area is 183 Å². The van der Waals surface area contributed by atoms with Crippen LogP contribution in [-0.4, -0.2) is 41.6 Å². The number of aromatic nitrogens is 3. The molecule has 0 unspecified atom stereocenters. The second-order valence-corrected chi connectivity index (χ2v) is 10.2. The highest BCUT2D eigenvalue weighted by molar-refractivity contribution is 7.19. The number of quaternary nitrogens is 1. The van der Waals surface area contributed by atoms with Crippen molar-refractivity contribution < 1.29 is 4.90 Å². The second kappa shape index (κ2) is 8.60. The predicted octanol–water partition coefficient (Wildman–Crippen LogP) is 3.07. The van der Waals surface area contributed by atoms with E-state index in [2.05, 4.69) is 36.0 Å². The van der Waals surface area contributed by atoms with Gasteiger partial charge in [0.2, 0.25) is 0 Å². The van der Waals surface area contributed by atoms with Gasteiger partial charge in [-0.15, -0.1) is 11.3 Å². The smallest absolute Gasteiger partial charge is 0.187 e. The molecule has 0 atom stereocenters. The number of nitrogens with zero attached hydrogens (tertiary/aromatic N) is 4. The van der Waals surface area contributed by atoms with E-state index < -0.39 is 0 Å². The molecule has 1 fully saturated rings. The number of likely N-dealkylation sites (tertiary alicyclic amines) is 1. The van der Waals surface area contributed by atoms with Crippen LogP contribution in [0.4, 0.5) is 5.82 Å². The lowest BCUT2D eigenvalue weighted by atomic mass is 9.99. The van der Waals surface area contributed by atoms with Gasteiger partial charge in [-0.05, 0) is 55.7 Å². The topological polar surface area (TPSA) is 46.4 Å². The molecule has 0 bridgehead atoms. The van der Waals surface area contributed by atoms with Gasteiger partial charge in [0.1, 0.15) is 17.2 Å². The zero-order valence-electron chi connectivity index (χ0n) is 18.2. The van der Waals surface area contributed by atoms with Gasteiger partial charge in [0.05, 0.1) is 18.5 Å². The van der Waals surface area contributed by atoms with Crippen LogP contribution in [0.1, 0.15) is 48.1 Å². The van der Waals surface area contributed by atoms with Crippen molar-refractivity contribution in [2.45, 2.75) is 52.0 Å². The van der Waals surface area contributed by atoms with E-state index in [0.29, 0.717) is 0 Å². The fourth-order valence-corrected chi connectivity index (χ4v) is 6.15. The van der Waals surface area contributed by atoms with Gasteiger partial charge in [-0.1, -0.05) is 13.0 Å². The zero-order valence-corrected chi connectivity index (χ0v) is 19.0. The number of likely N-dealkylation sites (N-methyl/N-ethyl adjacent to an activating group) is 1. The summed E-state index contributed by atoms with van der Waals surface area (Å²) in [6.45, 7) is 6.73. The highest BCUT2D eigenvalue weighted by Crippen LogP contribution is 2.40. The number of fused-ring (bicyclic) bond motifs is 3. The molecule has 1 aliphatic heterocycles. The number of hydrogen-bond acceptors (Lipinski definition) is 5. The molecule has 5 rings (SSSR count). The lowest BCUT2D eigenvalue weighted by molar-refractivity contribution is -0.920. The molecule has 0 amide bonds. The quantitative estimate of drug-likeness (QED) is 0.663. The van der Waals surface area contributed by atoms with E-state index in [0.717, 1.165) is 42.8 Å². The summed E-state index contributed by atoms with van der Waals surface area (Å²) in [5, 5.41) is 1.32. The average Bonchev–Trinajstić information content (AvgIpc) is 3.35. The Bertz CT molecular complexity index is 1010. The molecule has 4 heterocycles. The molecule has 2 aliphatic rings. The Balaban J connectivity index is 1.43. The number of rotatable bonds is 6. The van der Waals surface area contributed by atoms with Crippen LogP contribution in [0, 0.1) is 5.92 Å². The minimum Gasteiger partial charge on any atom is -0.359 e. The van der Waals surface area contributed by atoms with Gasteiger partial charge < -0.3 is 9.80 Å². The lowest BCUT2D eigenvalue weighted by Crippen LogP contribution is -3.11. The molecule has 3 aromatic heterocycles. The van der Waals surface area contributed by atoms with Crippen molar-refractivity contribution in [2.75, 3.05) is 31.6 Å². The maximum Gasteiger partial charge on any atom is 0.187 e. The van der Waals surface area contributed by atoms with E-state index in [1.165, 1.54) is 65.9 Å². The fraction of sp³-hybridized carbons (Fsp3) is 0.542. The highest BCUT2D eigenvalue weighted by Gasteiger charge is 2.26. The molecule has 1 saturated heterocycles. The first-order valence-electron chi connectivity index (χ1n) is 11.4. The molecular formula is C24H32N5S+. The summed E-state index contributed by atoms with van der Waals surface area (Å²) in [4.78, 5) is 21.4. The Morgan fingerprint density at radius 3 is 2.83 bits per heavy atom. The van der Waals surface area contributed by atoms with E-state index in [9.17, 15) is 0 Å². The molecule has 30 heavy (non-hydrogen) atoms. The van der Waals surface area contributed by atoms with Crippen molar-refractivity contribution in [1.29, 1.82) is 0 Å². The van der Waals surface area contributed by atoms with Crippen LogP contribution in [0.15, 0.2) is 24.4 Å². The van der Waals surface area contributed by atoms with Crippen molar-refractivity contribution in [3.63, 3.8) is 0 Å². The molecule has 5 nitrogen and oxygen atoms in total. The number of piperidine rings is 1. The minimum absolute atomic E-state index is 0.866. The lowest BCUT2D eigenvalue weighted by Gasteiger charge is -2.27. The molecule has 1 aliphatic carbocycles. The van der Waals surface area contributed by atoms with E-state index in [1.807, 2.05) is 23.6 Å². The first-order chi connectivity index (χ1) is 14.7. The normalized spacial score (nSPS) is 21.1. The summed E-state index contributed by atoms with van der Waals surface area (Å²) >= 11 is 1.91. The maximum absolute atomic E-state index is 5.16. The standard InChI is InChI=1S/C24H31N5S/c1-17-9-14-29(15-10-17)16-21-26-23(28(2)13-11-18-6-3-4-12-25-18)22-19-7-5-8-20(19)30-24(22)27-21/h3-4,6,12,17H,5,7-11,13-16H2,1-2H3/p+1. The van der Waals surface area contributed by atoms with Crippen molar-refractivity contribution in [2.24, 2.45) is 5.92 Å². The first-order valence-corrected chi connectivity index (χ1v) is 12.2. The fourth-order valence-electron chi connectivity index (χ4n) is 4.88. The number of aryl methyl sites for hydroxylation is 2. The molecule has 0 spiro atoms. The first kappa shape index (κ1) is 19.9. The van der Waals surface area contributed by atoms with Gasteiger partial charge in [0.25, 0.3) is 0 Å². The molecular weight excluding hydrogens is 390 g/mol. The molecule has 0 radical (unpaired) electrons. The second-order valence-electron chi connectivity index (χ2n) is 9.10. The van der Waals surface area contributed by atoms with Crippen LogP contribution < -0.4 is 9.80 Å². The number of hydrogen-bond donors (Lipinski definition) is 1. The third-order valence-electron chi connectivity index (χ3n) is 6.77. The molecule has 158 valence electrons. The van der Waals surface area contributed by atoms with E-state index in [4.69, 9.17) is 9.97 Å². The van der Waals surface area contributed by atoms with Gasteiger partial charge in [-0.25, -0.2) is 9.97 Å². The minimum atomic E-state index is 0.866. The molecule has 1 N–H and O–H groups in total. The monoisotopic (exact) mass is 422 g/mol. The van der Waals surface area contributed by atoms with Crippen molar-refractivity contribution in [3.8, 4) is 0 Å². The van der Waals surface area contributed by atoms with Crippen molar-refractivity contribution in [3.05, 3.63) is 46.4 Å². The number of thiophene rings is 1. The predicted molar refractivity (Wildman–Crippen MR) is 123 cm³/mol. The van der Waals surface area contributed by atoms with Gasteiger partial charge in [0, 0.05) is 36.8 Å². The van der Waals surface area contributed by atoms with Crippen LogP contribution in [0.3, 0.4) is 0 Å². The van der Waals surface area contributed by atoms with E-state index in [1.54, 1.807) is 4.90 Å². The van der Waals surface area contributed by atoms with Gasteiger partial charge in [0.15, 0.2) is 5.82 Å². The summed E-state index contributed by atoms with van der Waals surface area (Å²) in [7, 11) is 2.18. The van der Waals surface area contributed by atoms with Crippen LogP contribution in [0.2, 0.25) is 0 Å². The zero-order chi connectivity index (χ0) is 20.5.